The first-order valence-electron chi connectivity index (χ1n) is 14.8. The van der Waals surface area contributed by atoms with E-state index in [0.29, 0.717) is 30.0 Å². The van der Waals surface area contributed by atoms with Gasteiger partial charge in [0.1, 0.15) is 6.04 Å². The molecule has 2 bridgehead atoms. The molecule has 7 nitrogen and oxygen atoms in total. The minimum Gasteiger partial charge on any atom is -0.465 e. The molecule has 1 N–H and O–H groups in total. The van der Waals surface area contributed by atoms with E-state index in [1.807, 2.05) is 49.4 Å². The van der Waals surface area contributed by atoms with Crippen LogP contribution in [0.5, 0.6) is 0 Å². The van der Waals surface area contributed by atoms with E-state index >= 15 is 4.79 Å². The molecule has 5 rings (SSSR count). The lowest BCUT2D eigenvalue weighted by atomic mass is 9.66. The van der Waals surface area contributed by atoms with Gasteiger partial charge in [-0.05, 0) is 49.3 Å². The highest BCUT2D eigenvalue weighted by atomic mass is 35.5. The van der Waals surface area contributed by atoms with Crippen molar-refractivity contribution in [2.75, 3.05) is 24.7 Å². The third-order valence-corrected chi connectivity index (χ3v) is 11.6. The fourth-order valence-electron chi connectivity index (χ4n) is 7.41. The molecule has 2 amide bonds. The van der Waals surface area contributed by atoms with Crippen LogP contribution in [0.2, 0.25) is 5.02 Å². The number of ether oxygens (including phenoxy) is 1. The lowest BCUT2D eigenvalue weighted by Gasteiger charge is -2.42. The molecule has 3 unspecified atom stereocenters. The van der Waals surface area contributed by atoms with Crippen molar-refractivity contribution >= 4 is 46.8 Å². The molecule has 3 fully saturated rings. The molecule has 43 heavy (non-hydrogen) atoms. The van der Waals surface area contributed by atoms with Crippen molar-refractivity contribution in [2.24, 2.45) is 17.8 Å². The molecule has 2 aromatic rings. The average Bonchev–Trinajstić information content (AvgIpc) is 3.59. The SMILES string of the molecule is C=CCCOC(=O)[C@@H]1[C@H]2C(=O)N([C@@H](CO)Cc3ccccc3)C(C(=O)N(CC=C)c3c(C)cccc3Cl)C23S[C@@H]1CC3C. The molecule has 3 heterocycles. The number of rotatable bonds is 12. The van der Waals surface area contributed by atoms with E-state index in [4.69, 9.17) is 16.3 Å². The maximum atomic E-state index is 15.0. The number of para-hydroxylation sites is 1. The van der Waals surface area contributed by atoms with E-state index in [0.717, 1.165) is 11.1 Å². The number of hydrogen-bond acceptors (Lipinski definition) is 6. The van der Waals surface area contributed by atoms with Gasteiger partial charge in [0.25, 0.3) is 5.91 Å². The summed E-state index contributed by atoms with van der Waals surface area (Å²) in [7, 11) is 0. The molecule has 3 aliphatic rings. The van der Waals surface area contributed by atoms with Gasteiger partial charge in [-0.1, -0.05) is 73.1 Å². The number of nitrogens with zero attached hydrogens (tertiary/aromatic N) is 2. The average molecular weight is 623 g/mol. The number of amides is 2. The molecule has 3 aliphatic heterocycles. The minimum absolute atomic E-state index is 0.0402. The quantitative estimate of drug-likeness (QED) is 0.198. The number of likely N-dealkylation sites (tertiary alicyclic amines) is 1. The van der Waals surface area contributed by atoms with Gasteiger partial charge in [0.2, 0.25) is 5.91 Å². The van der Waals surface area contributed by atoms with E-state index in [2.05, 4.69) is 20.1 Å². The molecule has 2 aromatic carbocycles. The summed E-state index contributed by atoms with van der Waals surface area (Å²) in [5, 5.41) is 11.0. The van der Waals surface area contributed by atoms with Crippen LogP contribution in [0, 0.1) is 24.7 Å². The van der Waals surface area contributed by atoms with Gasteiger partial charge in [0.15, 0.2) is 0 Å². The lowest BCUT2D eigenvalue weighted by Crippen LogP contribution is -2.59. The van der Waals surface area contributed by atoms with Crippen LogP contribution >= 0.6 is 23.4 Å². The van der Waals surface area contributed by atoms with Gasteiger partial charge >= 0.3 is 5.97 Å². The Hall–Kier alpha value is -3.07. The summed E-state index contributed by atoms with van der Waals surface area (Å²) in [6.07, 6.45) is 4.89. The number of benzene rings is 2. The van der Waals surface area contributed by atoms with Crippen LogP contribution in [0.4, 0.5) is 5.69 Å². The standard InChI is InChI=1S/C34H39ClN2O5S/c1-5-7-17-42-33(41)27-26-18-22(4)34(43-26)28(27)31(39)37(24(20-38)19-23-13-9-8-10-14-23)30(34)32(40)36(16-6-2)29-21(3)12-11-15-25(29)35/h5-6,8-15,22,24,26-28,30,38H,1-2,7,16-20H2,3-4H3/t22?,24-,26-,27+,28+,30?,34?/m1/s1. The van der Waals surface area contributed by atoms with Gasteiger partial charge < -0.3 is 19.6 Å². The molecule has 7 atom stereocenters. The second-order valence-electron chi connectivity index (χ2n) is 11.7. The molecule has 228 valence electrons. The smallest absolute Gasteiger partial charge is 0.310 e. The highest BCUT2D eigenvalue weighted by Crippen LogP contribution is 2.69. The zero-order chi connectivity index (χ0) is 30.9. The second-order valence-corrected chi connectivity index (χ2v) is 13.7. The molecular formula is C34H39ClN2O5S. The van der Waals surface area contributed by atoms with Gasteiger partial charge in [-0.25, -0.2) is 0 Å². The topological polar surface area (TPSA) is 87.1 Å². The maximum Gasteiger partial charge on any atom is 0.310 e. The van der Waals surface area contributed by atoms with Crippen LogP contribution in [-0.2, 0) is 25.5 Å². The first-order valence-corrected chi connectivity index (χ1v) is 16.1. The second kappa shape index (κ2) is 12.9. The fraction of sp³-hybridized carbons (Fsp3) is 0.441. The Bertz CT molecular complexity index is 1380. The summed E-state index contributed by atoms with van der Waals surface area (Å²) in [6.45, 7) is 11.6. The van der Waals surface area contributed by atoms with Crippen LogP contribution in [0.3, 0.4) is 0 Å². The number of carbonyl (C=O) groups excluding carboxylic acids is 3. The van der Waals surface area contributed by atoms with Gasteiger partial charge in [-0.15, -0.1) is 24.9 Å². The predicted molar refractivity (Wildman–Crippen MR) is 171 cm³/mol. The molecule has 1 spiro atoms. The van der Waals surface area contributed by atoms with Gasteiger partial charge in [-0.2, -0.15) is 0 Å². The van der Waals surface area contributed by atoms with Gasteiger partial charge in [0, 0.05) is 11.8 Å². The summed E-state index contributed by atoms with van der Waals surface area (Å²) in [5.74, 6) is -2.45. The van der Waals surface area contributed by atoms with E-state index < -0.39 is 34.6 Å². The fourth-order valence-corrected chi connectivity index (χ4v) is 10.1. The summed E-state index contributed by atoms with van der Waals surface area (Å²) in [5.41, 5.74) is 2.32. The molecule has 0 saturated carbocycles. The zero-order valence-corrected chi connectivity index (χ0v) is 26.2. The third-order valence-electron chi connectivity index (χ3n) is 9.21. The Morgan fingerprint density at radius 3 is 2.60 bits per heavy atom. The Morgan fingerprint density at radius 1 is 1.21 bits per heavy atom. The molecule has 0 aromatic heterocycles. The normalized spacial score (nSPS) is 28.0. The molecule has 0 aliphatic carbocycles. The van der Waals surface area contributed by atoms with Crippen molar-refractivity contribution < 1.29 is 24.2 Å². The van der Waals surface area contributed by atoms with Crippen molar-refractivity contribution in [1.82, 2.24) is 4.90 Å². The first kappa shape index (κ1) is 31.4. The third kappa shape index (κ3) is 5.32. The first-order chi connectivity index (χ1) is 20.7. The molecular weight excluding hydrogens is 584 g/mol. The minimum atomic E-state index is -0.933. The van der Waals surface area contributed by atoms with Gasteiger partial charge in [-0.3, -0.25) is 14.4 Å². The van der Waals surface area contributed by atoms with Crippen LogP contribution in [0.15, 0.2) is 73.8 Å². The Morgan fingerprint density at radius 2 is 1.95 bits per heavy atom. The van der Waals surface area contributed by atoms with Crippen LogP contribution in [0.1, 0.15) is 30.9 Å². The van der Waals surface area contributed by atoms with Crippen LogP contribution in [0.25, 0.3) is 0 Å². The number of halogens is 1. The number of fused-ring (bicyclic) bond motifs is 1. The molecule has 3 saturated heterocycles. The molecule has 9 heteroatoms. The van der Waals surface area contributed by atoms with Crippen molar-refractivity contribution in [3.05, 3.63) is 90.0 Å². The molecule has 0 radical (unpaired) electrons. The predicted octanol–water partition coefficient (Wildman–Crippen LogP) is 5.23. The van der Waals surface area contributed by atoms with E-state index in [1.165, 1.54) is 0 Å². The van der Waals surface area contributed by atoms with E-state index in [-0.39, 0.29) is 42.7 Å². The number of thioether (sulfide) groups is 1. The van der Waals surface area contributed by atoms with E-state index in [9.17, 15) is 14.7 Å². The van der Waals surface area contributed by atoms with Crippen LogP contribution < -0.4 is 4.90 Å². The summed E-state index contributed by atoms with van der Waals surface area (Å²) in [4.78, 5) is 46.5. The summed E-state index contributed by atoms with van der Waals surface area (Å²) in [6, 6.07) is 13.5. The number of anilines is 1. The van der Waals surface area contributed by atoms with Crippen LogP contribution in [-0.4, -0.2) is 69.6 Å². The van der Waals surface area contributed by atoms with Crippen molar-refractivity contribution in [3.8, 4) is 0 Å². The summed E-state index contributed by atoms with van der Waals surface area (Å²) >= 11 is 8.27. The highest BCUT2D eigenvalue weighted by molar-refractivity contribution is 8.02. The number of hydrogen-bond donors (Lipinski definition) is 1. The number of aliphatic hydroxyl groups excluding tert-OH is 1. The lowest BCUT2D eigenvalue weighted by molar-refractivity contribution is -0.154. The Labute approximate surface area is 262 Å². The van der Waals surface area contributed by atoms with Crippen molar-refractivity contribution in [1.29, 1.82) is 0 Å². The van der Waals surface area contributed by atoms with Crippen molar-refractivity contribution in [2.45, 2.75) is 55.2 Å². The monoisotopic (exact) mass is 622 g/mol. The van der Waals surface area contributed by atoms with Crippen molar-refractivity contribution in [3.63, 3.8) is 0 Å². The largest absolute Gasteiger partial charge is 0.465 e. The zero-order valence-electron chi connectivity index (χ0n) is 24.7. The number of aliphatic hydroxyl groups is 1. The highest BCUT2D eigenvalue weighted by Gasteiger charge is 2.77. The van der Waals surface area contributed by atoms with Gasteiger partial charge in [0.05, 0.1) is 46.5 Å². The number of esters is 1. The summed E-state index contributed by atoms with van der Waals surface area (Å²) < 4.78 is 4.76. The Balaban J connectivity index is 1.64. The maximum absolute atomic E-state index is 15.0. The Kier molecular flexibility index (Phi) is 9.40. The number of carbonyl (C=O) groups is 3. The number of aryl methyl sites for hydroxylation is 1. The van der Waals surface area contributed by atoms with E-state index in [1.54, 1.807) is 39.8 Å².